The quantitative estimate of drug-likeness (QED) is 0.0996. The van der Waals surface area contributed by atoms with Crippen LogP contribution in [0.1, 0.15) is 10.4 Å². The molecule has 4 rings (SSSR count). The molecule has 0 radical (unpaired) electrons. The average Bonchev–Trinajstić information content (AvgIpc) is 2.76. The first-order chi connectivity index (χ1) is 15.4. The van der Waals surface area contributed by atoms with E-state index < -0.39 is 11.5 Å². The van der Waals surface area contributed by atoms with Gasteiger partial charge in [0.15, 0.2) is 5.76 Å². The topological polar surface area (TPSA) is 93.4 Å². The van der Waals surface area contributed by atoms with Crippen molar-refractivity contribution in [2.45, 2.75) is 0 Å². The fourth-order valence-corrected chi connectivity index (χ4v) is 7.91. The third-order valence-corrected chi connectivity index (χ3v) is 10.1. The Morgan fingerprint density at radius 1 is 0.853 bits per heavy atom. The van der Waals surface area contributed by atoms with Crippen LogP contribution in [0, 0.1) is 14.3 Å². The average molecular weight is 995 g/mol. The number of carbonyl (C=O) groups excluding carboxylic acids is 1. The zero-order chi connectivity index (χ0) is 24.5. The van der Waals surface area contributed by atoms with Crippen LogP contribution in [0.15, 0.2) is 21.3 Å². The van der Waals surface area contributed by atoms with Gasteiger partial charge in [0.1, 0.15) is 9.15 Å². The molecule has 0 spiro atoms. The molecule has 14 heteroatoms. The van der Waals surface area contributed by atoms with E-state index in [1.807, 2.05) is 90.4 Å². The van der Waals surface area contributed by atoms with Gasteiger partial charge in [0, 0.05) is 34.8 Å². The Labute approximate surface area is 288 Å². The molecule has 5 nitrogen and oxygen atoms in total. The molecule has 0 unspecified atom stereocenters. The van der Waals surface area contributed by atoms with Crippen LogP contribution in [0.2, 0.25) is 20.1 Å². The van der Waals surface area contributed by atoms with Crippen LogP contribution in [0.3, 0.4) is 0 Å². The number of benzene rings is 3. The van der Waals surface area contributed by atoms with Crippen LogP contribution in [-0.4, -0.2) is 5.97 Å². The molecular weight excluding hydrogens is 993 g/mol. The number of hydrogen-bond donors (Lipinski definition) is 0. The summed E-state index contributed by atoms with van der Waals surface area (Å²) in [5, 5.41) is 24.3. The minimum absolute atomic E-state index is 0. The molecule has 0 bridgehead atoms. The smallest absolute Gasteiger partial charge is 0.871 e. The van der Waals surface area contributed by atoms with Crippen molar-refractivity contribution in [2.24, 2.45) is 0 Å². The van der Waals surface area contributed by atoms with E-state index in [1.165, 1.54) is 0 Å². The van der Waals surface area contributed by atoms with Crippen LogP contribution in [0.4, 0.5) is 0 Å². The van der Waals surface area contributed by atoms with Crippen molar-refractivity contribution in [3.63, 3.8) is 0 Å². The Kier molecular flexibility index (Phi) is 9.98. The molecule has 0 fully saturated rings. The van der Waals surface area contributed by atoms with E-state index in [9.17, 15) is 19.8 Å². The van der Waals surface area contributed by atoms with Crippen molar-refractivity contribution in [1.29, 1.82) is 0 Å². The molecule has 0 atom stereocenters. The van der Waals surface area contributed by atoms with Crippen molar-refractivity contribution in [3.05, 3.63) is 62.3 Å². The number of rotatable bonds is 2. The van der Waals surface area contributed by atoms with Gasteiger partial charge < -0.3 is 19.4 Å². The second-order valence-electron chi connectivity index (χ2n) is 6.53. The van der Waals surface area contributed by atoms with Crippen LogP contribution < -0.4 is 45.2 Å². The number of fused-ring (bicyclic) bond motifs is 2. The maximum atomic E-state index is 12.6. The maximum Gasteiger partial charge on any atom is 1.00 e. The first kappa shape index (κ1) is 30.0. The van der Waals surface area contributed by atoms with Gasteiger partial charge in [-0.25, -0.2) is 0 Å². The normalized spacial score (nSPS) is 11.2. The summed E-state index contributed by atoms with van der Waals surface area (Å²) < 4.78 is 7.27. The van der Waals surface area contributed by atoms with Crippen molar-refractivity contribution in [3.8, 4) is 28.2 Å². The number of carboxylic acids is 1. The number of halogens is 8. The van der Waals surface area contributed by atoms with Gasteiger partial charge in [-0.15, -0.1) is 0 Å². The van der Waals surface area contributed by atoms with Crippen LogP contribution in [0.5, 0.6) is 5.75 Å². The fraction of sp³-hybridized carbons (Fsp3) is 0. The van der Waals surface area contributed by atoms with E-state index >= 15 is 0 Å². The minimum atomic E-state index is -1.63. The van der Waals surface area contributed by atoms with Crippen molar-refractivity contribution >= 4 is 154 Å². The molecule has 34 heavy (non-hydrogen) atoms. The van der Waals surface area contributed by atoms with Gasteiger partial charge in [-0.05, 0) is 102 Å². The molecule has 1 aliphatic heterocycles. The third-order valence-electron chi connectivity index (χ3n) is 4.73. The Balaban J connectivity index is 0.00000324. The first-order valence-corrected chi connectivity index (χ1v) is 14.2. The Morgan fingerprint density at radius 3 is 2.03 bits per heavy atom. The van der Waals surface area contributed by atoms with Crippen molar-refractivity contribution < 1.29 is 49.0 Å². The summed E-state index contributed by atoms with van der Waals surface area (Å²) in [5.74, 6) is -1.75. The largest absolute Gasteiger partial charge is 1.00 e. The predicted molar refractivity (Wildman–Crippen MR) is 159 cm³/mol. The van der Waals surface area contributed by atoms with Crippen LogP contribution in [-0.2, 0) is 0 Å². The molecular formula is C20H2Cl4I4NaO5-. The molecule has 0 amide bonds. The van der Waals surface area contributed by atoms with Crippen LogP contribution in [0.25, 0.3) is 33.4 Å². The number of carboxylic acid groups (broad SMARTS) is 1. The number of carbonyl (C=O) groups is 1. The summed E-state index contributed by atoms with van der Waals surface area (Å²) >= 11 is 32.7. The van der Waals surface area contributed by atoms with Gasteiger partial charge in [0.25, 0.3) is 0 Å². The number of aromatic carboxylic acids is 1. The van der Waals surface area contributed by atoms with Crippen molar-refractivity contribution in [1.82, 2.24) is 0 Å². The van der Waals surface area contributed by atoms with Gasteiger partial charge in [-0.3, -0.25) is 4.79 Å². The summed E-state index contributed by atoms with van der Waals surface area (Å²) in [6, 6.07) is 3.10. The minimum Gasteiger partial charge on any atom is -0.871 e. The van der Waals surface area contributed by atoms with E-state index in [-0.39, 0.29) is 90.4 Å². The molecule has 170 valence electrons. The van der Waals surface area contributed by atoms with Crippen LogP contribution >= 0.6 is 137 Å². The summed E-state index contributed by atoms with van der Waals surface area (Å²) in [7, 11) is 0. The van der Waals surface area contributed by atoms with E-state index in [0.29, 0.717) is 18.1 Å². The second kappa shape index (κ2) is 11.3. The van der Waals surface area contributed by atoms with Gasteiger partial charge in [-0.1, -0.05) is 52.2 Å². The van der Waals surface area contributed by atoms with Gasteiger partial charge in [-0.2, -0.15) is 0 Å². The Morgan fingerprint density at radius 2 is 1.44 bits per heavy atom. The maximum absolute atomic E-state index is 12.6. The van der Waals surface area contributed by atoms with Gasteiger partial charge >= 0.3 is 29.6 Å². The molecule has 0 saturated carbocycles. The van der Waals surface area contributed by atoms with E-state index in [1.54, 1.807) is 12.1 Å². The molecule has 0 N–H and O–H groups in total. The van der Waals surface area contributed by atoms with E-state index in [4.69, 9.17) is 50.8 Å². The molecule has 2 aromatic carbocycles. The monoisotopic (exact) mass is 992 g/mol. The SMILES string of the molecule is O=C([O-])c1c(Cl)c(Cl)c(Cl)c(Cl)c1-c1c2cc(I)c(=O)c(I)c-2oc2c(I)c([O-])c(I)cc12.[Na+]. The molecule has 1 heterocycles. The molecule has 1 aliphatic carbocycles. The molecule has 2 aliphatic rings. The fourth-order valence-electron chi connectivity index (χ4n) is 3.31. The van der Waals surface area contributed by atoms with Gasteiger partial charge in [0.05, 0.1) is 29.6 Å². The standard InChI is InChI=1S/C20H4Cl4I4O5.Na/c21-10-8(9(20(31)32)11(22)13(24)12(10)23)7-3-1-5(25)16(29)14(27)18(3)33-19-4(7)2-6(26)17(30)15(19)28;/h1-2,29H,(H,31,32);/q;+1/p-2. The summed E-state index contributed by atoms with van der Waals surface area (Å²) in [4.78, 5) is 24.8. The Bertz CT molecular complexity index is 1570. The molecule has 2 aromatic rings. The number of hydrogen-bond acceptors (Lipinski definition) is 5. The van der Waals surface area contributed by atoms with Crippen molar-refractivity contribution in [2.75, 3.05) is 0 Å². The first-order valence-electron chi connectivity index (χ1n) is 8.39. The summed E-state index contributed by atoms with van der Waals surface area (Å²) in [6.07, 6.45) is 0. The zero-order valence-corrected chi connectivity index (χ0v) is 29.9. The Hall–Kier alpha value is 1.48. The third kappa shape index (κ3) is 4.83. The zero-order valence-electron chi connectivity index (χ0n) is 16.2. The van der Waals surface area contributed by atoms with Gasteiger partial charge in [0.2, 0.25) is 5.43 Å². The molecule has 0 saturated heterocycles. The summed E-state index contributed by atoms with van der Waals surface area (Å²) in [6.45, 7) is 0. The second-order valence-corrected chi connectivity index (χ2v) is 12.5. The van der Waals surface area contributed by atoms with E-state index in [2.05, 4.69) is 0 Å². The summed E-state index contributed by atoms with van der Waals surface area (Å²) in [5.41, 5.74) is -0.0131. The van der Waals surface area contributed by atoms with E-state index in [0.717, 1.165) is 0 Å². The molecule has 0 aromatic heterocycles. The predicted octanol–water partition coefficient (Wildman–Crippen LogP) is 4.04.